The molecule has 0 amide bonds. The van der Waals surface area contributed by atoms with Gasteiger partial charge in [-0.05, 0) is 28.5 Å². The van der Waals surface area contributed by atoms with E-state index in [2.05, 4.69) is 79.5 Å². The van der Waals surface area contributed by atoms with Gasteiger partial charge in [-0.2, -0.15) is 5.10 Å². The lowest BCUT2D eigenvalue weighted by atomic mass is 9.95. The molecular formula is C23H22N2O. The van der Waals surface area contributed by atoms with Gasteiger partial charge in [-0.15, -0.1) is 0 Å². The first-order valence-corrected chi connectivity index (χ1v) is 9.31. The van der Waals surface area contributed by atoms with E-state index in [1.165, 1.54) is 21.9 Å². The first-order chi connectivity index (χ1) is 12.7. The molecule has 0 aromatic heterocycles. The maximum Gasteiger partial charge on any atom is 0.190 e. The fourth-order valence-corrected chi connectivity index (χ4v) is 4.05. The minimum absolute atomic E-state index is 0.0205. The van der Waals surface area contributed by atoms with Crippen LogP contribution in [0.4, 0.5) is 0 Å². The molecule has 130 valence electrons. The monoisotopic (exact) mass is 342 g/mol. The highest BCUT2D eigenvalue weighted by Crippen LogP contribution is 2.44. The number of para-hydroxylation sites is 1. The first-order valence-electron chi connectivity index (χ1n) is 9.31. The summed E-state index contributed by atoms with van der Waals surface area (Å²) in [6.07, 6.45) is 0.898. The Morgan fingerprint density at radius 3 is 2.58 bits per heavy atom. The highest BCUT2D eigenvalue weighted by atomic mass is 16.5. The summed E-state index contributed by atoms with van der Waals surface area (Å²) in [6.45, 7) is 4.39. The van der Waals surface area contributed by atoms with E-state index in [4.69, 9.17) is 9.84 Å². The average molecular weight is 342 g/mol. The van der Waals surface area contributed by atoms with E-state index in [0.29, 0.717) is 5.92 Å². The number of rotatable bonds is 2. The third-order valence-corrected chi connectivity index (χ3v) is 5.38. The molecule has 26 heavy (non-hydrogen) atoms. The molecule has 3 aromatic rings. The summed E-state index contributed by atoms with van der Waals surface area (Å²) in [7, 11) is 0. The number of hydrogen-bond acceptors (Lipinski definition) is 3. The van der Waals surface area contributed by atoms with Crippen LogP contribution in [0, 0.1) is 5.92 Å². The maximum absolute atomic E-state index is 6.28. The van der Waals surface area contributed by atoms with Gasteiger partial charge >= 0.3 is 0 Å². The van der Waals surface area contributed by atoms with E-state index in [1.807, 2.05) is 6.07 Å². The first kappa shape index (κ1) is 15.4. The van der Waals surface area contributed by atoms with Crippen molar-refractivity contribution in [1.29, 1.82) is 0 Å². The van der Waals surface area contributed by atoms with Crippen LogP contribution in [0.5, 0.6) is 5.75 Å². The van der Waals surface area contributed by atoms with Gasteiger partial charge in [-0.1, -0.05) is 68.4 Å². The predicted octanol–water partition coefficient (Wildman–Crippen LogP) is 5.37. The van der Waals surface area contributed by atoms with Gasteiger partial charge in [0.25, 0.3) is 0 Å². The minimum Gasteiger partial charge on any atom is -0.468 e. The summed E-state index contributed by atoms with van der Waals surface area (Å²) >= 11 is 0. The number of hydrazone groups is 1. The maximum atomic E-state index is 6.28. The summed E-state index contributed by atoms with van der Waals surface area (Å²) < 4.78 is 6.28. The van der Waals surface area contributed by atoms with Crippen LogP contribution in [-0.2, 0) is 0 Å². The molecule has 2 atom stereocenters. The third kappa shape index (κ3) is 2.38. The van der Waals surface area contributed by atoms with Crippen molar-refractivity contribution in [3.63, 3.8) is 0 Å². The lowest BCUT2D eigenvalue weighted by Gasteiger charge is -2.39. The summed E-state index contributed by atoms with van der Waals surface area (Å²) in [5.74, 6) is 1.37. The normalized spacial score (nSPS) is 21.3. The van der Waals surface area contributed by atoms with Crippen molar-refractivity contribution in [2.45, 2.75) is 32.5 Å². The molecule has 3 nitrogen and oxygen atoms in total. The van der Waals surface area contributed by atoms with Crippen LogP contribution >= 0.6 is 0 Å². The van der Waals surface area contributed by atoms with Crippen molar-refractivity contribution < 1.29 is 4.74 Å². The second-order valence-corrected chi connectivity index (χ2v) is 7.50. The Labute approximate surface area is 153 Å². The van der Waals surface area contributed by atoms with E-state index < -0.39 is 0 Å². The van der Waals surface area contributed by atoms with E-state index in [0.717, 1.165) is 17.9 Å². The summed E-state index contributed by atoms with van der Waals surface area (Å²) in [5.41, 5.74) is 3.59. The summed E-state index contributed by atoms with van der Waals surface area (Å²) in [6, 6.07) is 23.8. The van der Waals surface area contributed by atoms with Crippen molar-refractivity contribution in [3.05, 3.63) is 77.9 Å². The highest BCUT2D eigenvalue weighted by molar-refractivity contribution is 6.04. The van der Waals surface area contributed by atoms with Crippen molar-refractivity contribution in [2.24, 2.45) is 11.0 Å². The topological polar surface area (TPSA) is 24.8 Å². The summed E-state index contributed by atoms with van der Waals surface area (Å²) in [4.78, 5) is 0. The van der Waals surface area contributed by atoms with Crippen LogP contribution < -0.4 is 4.74 Å². The highest BCUT2D eigenvalue weighted by Gasteiger charge is 2.41. The minimum atomic E-state index is -0.0205. The van der Waals surface area contributed by atoms with Gasteiger partial charge in [-0.3, -0.25) is 0 Å². The lowest BCUT2D eigenvalue weighted by Crippen LogP contribution is -2.43. The molecule has 3 heteroatoms. The molecule has 2 aliphatic rings. The smallest absolute Gasteiger partial charge is 0.190 e. The van der Waals surface area contributed by atoms with Crippen molar-refractivity contribution in [3.8, 4) is 5.75 Å². The van der Waals surface area contributed by atoms with Gasteiger partial charge in [0.15, 0.2) is 6.23 Å². The molecule has 3 aromatic carbocycles. The van der Waals surface area contributed by atoms with E-state index >= 15 is 0 Å². The lowest BCUT2D eigenvalue weighted by molar-refractivity contribution is -0.0461. The second-order valence-electron chi connectivity index (χ2n) is 7.50. The Kier molecular flexibility index (Phi) is 3.49. The number of ether oxygens (including phenoxy) is 1. The molecule has 2 aliphatic heterocycles. The molecular weight excluding hydrogens is 320 g/mol. The molecule has 2 heterocycles. The molecule has 0 fully saturated rings. The quantitative estimate of drug-likeness (QED) is 0.626. The van der Waals surface area contributed by atoms with Crippen LogP contribution in [0.2, 0.25) is 0 Å². The Morgan fingerprint density at radius 2 is 1.73 bits per heavy atom. The molecule has 0 saturated carbocycles. The molecule has 5 rings (SSSR count). The zero-order chi connectivity index (χ0) is 17.7. The van der Waals surface area contributed by atoms with Gasteiger partial charge in [0.2, 0.25) is 0 Å². The molecule has 0 unspecified atom stereocenters. The third-order valence-electron chi connectivity index (χ3n) is 5.38. The fourth-order valence-electron chi connectivity index (χ4n) is 4.05. The Morgan fingerprint density at radius 1 is 0.962 bits per heavy atom. The van der Waals surface area contributed by atoms with Crippen molar-refractivity contribution in [1.82, 2.24) is 5.01 Å². The molecule has 0 bridgehead atoms. The Hall–Kier alpha value is -2.81. The van der Waals surface area contributed by atoms with Gasteiger partial charge in [-0.25, -0.2) is 5.01 Å². The average Bonchev–Trinajstić information content (AvgIpc) is 3.12. The van der Waals surface area contributed by atoms with Crippen molar-refractivity contribution in [2.75, 3.05) is 0 Å². The van der Waals surface area contributed by atoms with Gasteiger partial charge in [0.1, 0.15) is 5.75 Å². The Bertz CT molecular complexity index is 1010. The molecule has 0 N–H and O–H groups in total. The van der Waals surface area contributed by atoms with Crippen LogP contribution in [0.1, 0.15) is 37.4 Å². The van der Waals surface area contributed by atoms with Gasteiger partial charge < -0.3 is 4.74 Å². The van der Waals surface area contributed by atoms with Crippen LogP contribution in [0.15, 0.2) is 71.8 Å². The molecule has 0 radical (unpaired) electrons. The van der Waals surface area contributed by atoms with Crippen molar-refractivity contribution >= 4 is 16.5 Å². The Balaban J connectivity index is 1.57. The molecule has 0 saturated heterocycles. The molecule has 0 spiro atoms. The van der Waals surface area contributed by atoms with Crippen LogP contribution in [0.25, 0.3) is 10.8 Å². The fraction of sp³-hybridized carbons (Fsp3) is 0.261. The van der Waals surface area contributed by atoms with Gasteiger partial charge in [0, 0.05) is 17.9 Å². The van der Waals surface area contributed by atoms with E-state index in [-0.39, 0.29) is 12.3 Å². The number of benzene rings is 3. The standard InChI is InChI=1S/C23H22N2O/c1-15(2)23-25-21(19-9-5-6-10-22(19)26-23)14-20(24-25)18-12-11-16-7-3-4-8-17(16)13-18/h3-13,15,21,23H,14H2,1-2H3/t21-,23+/m1/s1. The second kappa shape index (κ2) is 5.87. The van der Waals surface area contributed by atoms with E-state index in [9.17, 15) is 0 Å². The zero-order valence-corrected chi connectivity index (χ0v) is 15.1. The van der Waals surface area contributed by atoms with E-state index in [1.54, 1.807) is 0 Å². The van der Waals surface area contributed by atoms with Crippen LogP contribution in [-0.4, -0.2) is 16.9 Å². The number of fused-ring (bicyclic) bond motifs is 4. The largest absolute Gasteiger partial charge is 0.468 e. The number of nitrogens with zero attached hydrogens (tertiary/aromatic N) is 2. The molecule has 0 aliphatic carbocycles. The summed E-state index contributed by atoms with van der Waals surface area (Å²) in [5, 5.41) is 9.72. The SMILES string of the molecule is CC(C)[C@@H]1Oc2ccccc2[C@H]2CC(c3ccc4ccccc4c3)=NN21. The number of hydrogen-bond donors (Lipinski definition) is 0. The van der Waals surface area contributed by atoms with Crippen LogP contribution in [0.3, 0.4) is 0 Å². The predicted molar refractivity (Wildman–Crippen MR) is 105 cm³/mol. The zero-order valence-electron chi connectivity index (χ0n) is 15.1. The van der Waals surface area contributed by atoms with Gasteiger partial charge in [0.05, 0.1) is 11.8 Å².